The van der Waals surface area contributed by atoms with E-state index in [2.05, 4.69) is 33.2 Å². The zero-order valence-corrected chi connectivity index (χ0v) is 11.8. The summed E-state index contributed by atoms with van der Waals surface area (Å²) in [5.41, 5.74) is 0. The predicted octanol–water partition coefficient (Wildman–Crippen LogP) is 3.13. The van der Waals surface area contributed by atoms with Gasteiger partial charge in [0, 0.05) is 13.2 Å². The number of thiazole rings is 1. The van der Waals surface area contributed by atoms with E-state index in [0.29, 0.717) is 12.1 Å². The highest BCUT2D eigenvalue weighted by atomic mass is 79.9. The molecule has 0 saturated carbocycles. The van der Waals surface area contributed by atoms with Crippen molar-refractivity contribution in [2.24, 2.45) is 0 Å². The van der Waals surface area contributed by atoms with Crippen LogP contribution in [0.4, 0.5) is 0 Å². The van der Waals surface area contributed by atoms with Crippen molar-refractivity contribution in [3.63, 3.8) is 0 Å². The molecular weight excluding hydrogens is 288 g/mol. The topological polar surface area (TPSA) is 34.1 Å². The largest absolute Gasteiger partial charge is 0.377 e. The Morgan fingerprint density at radius 1 is 1.69 bits per heavy atom. The highest BCUT2D eigenvalue weighted by Gasteiger charge is 2.16. The van der Waals surface area contributed by atoms with Crippen LogP contribution in [0, 0.1) is 0 Å². The van der Waals surface area contributed by atoms with Gasteiger partial charge in [-0.1, -0.05) is 0 Å². The van der Waals surface area contributed by atoms with Crippen molar-refractivity contribution in [2.75, 3.05) is 13.2 Å². The Balaban J connectivity index is 1.76. The Hall–Kier alpha value is 0.0300. The summed E-state index contributed by atoms with van der Waals surface area (Å²) in [7, 11) is 0. The summed E-state index contributed by atoms with van der Waals surface area (Å²) in [6, 6.07) is 0.307. The Bertz CT molecular complexity index is 326. The average molecular weight is 305 g/mol. The predicted molar refractivity (Wildman–Crippen MR) is 69.8 cm³/mol. The Morgan fingerprint density at radius 3 is 3.19 bits per heavy atom. The summed E-state index contributed by atoms with van der Waals surface area (Å²) < 4.78 is 6.77. The fourth-order valence-electron chi connectivity index (χ4n) is 1.83. The van der Waals surface area contributed by atoms with Crippen LogP contribution in [0.2, 0.25) is 0 Å². The smallest absolute Gasteiger partial charge is 0.110 e. The fourth-order valence-corrected chi connectivity index (χ4v) is 3.10. The van der Waals surface area contributed by atoms with Crippen LogP contribution < -0.4 is 5.32 Å². The van der Waals surface area contributed by atoms with Gasteiger partial charge in [0.1, 0.15) is 5.01 Å². The number of halogens is 1. The third-order valence-corrected chi connectivity index (χ3v) is 4.45. The SMILES string of the molecule is CC(NCC1CCCCO1)c1ncc(Br)s1. The number of hydrogen-bond acceptors (Lipinski definition) is 4. The molecule has 0 aliphatic carbocycles. The number of ether oxygens (including phenoxy) is 1. The molecule has 3 nitrogen and oxygen atoms in total. The lowest BCUT2D eigenvalue weighted by atomic mass is 10.1. The second-order valence-corrected chi connectivity index (χ2v) is 6.56. The van der Waals surface area contributed by atoms with Gasteiger partial charge in [0.15, 0.2) is 0 Å². The van der Waals surface area contributed by atoms with Crippen LogP contribution in [0.15, 0.2) is 9.98 Å². The second-order valence-electron chi connectivity index (χ2n) is 4.12. The standard InChI is InChI=1S/C11H17BrN2OS/c1-8(11-14-7-10(12)16-11)13-6-9-4-2-3-5-15-9/h7-9,13H,2-6H2,1H3. The zero-order chi connectivity index (χ0) is 11.4. The van der Waals surface area contributed by atoms with Crippen molar-refractivity contribution in [1.29, 1.82) is 0 Å². The van der Waals surface area contributed by atoms with E-state index in [1.807, 2.05) is 6.20 Å². The van der Waals surface area contributed by atoms with Crippen molar-refractivity contribution in [3.05, 3.63) is 15.0 Å². The number of hydrogen-bond donors (Lipinski definition) is 1. The van der Waals surface area contributed by atoms with Gasteiger partial charge in [0.2, 0.25) is 0 Å². The highest BCUT2D eigenvalue weighted by Crippen LogP contribution is 2.24. The molecular formula is C11H17BrN2OS. The molecule has 0 radical (unpaired) electrons. The molecule has 0 bridgehead atoms. The molecule has 2 rings (SSSR count). The van der Waals surface area contributed by atoms with Crippen molar-refractivity contribution in [3.8, 4) is 0 Å². The van der Waals surface area contributed by atoms with E-state index in [4.69, 9.17) is 4.74 Å². The Labute approximate surface area is 109 Å². The fraction of sp³-hybridized carbons (Fsp3) is 0.727. The lowest BCUT2D eigenvalue weighted by Gasteiger charge is -2.24. The first kappa shape index (κ1) is 12.5. The maximum atomic E-state index is 5.68. The lowest BCUT2D eigenvalue weighted by molar-refractivity contribution is 0.0156. The molecule has 0 spiro atoms. The Kier molecular flexibility index (Phi) is 4.76. The molecule has 2 atom stereocenters. The number of nitrogens with zero attached hydrogens (tertiary/aromatic N) is 1. The van der Waals surface area contributed by atoms with E-state index in [1.165, 1.54) is 19.3 Å². The summed E-state index contributed by atoms with van der Waals surface area (Å²) in [5.74, 6) is 0. The maximum Gasteiger partial charge on any atom is 0.110 e. The van der Waals surface area contributed by atoms with E-state index >= 15 is 0 Å². The first-order valence-electron chi connectivity index (χ1n) is 5.72. The van der Waals surface area contributed by atoms with Crippen LogP contribution in [0.3, 0.4) is 0 Å². The summed E-state index contributed by atoms with van der Waals surface area (Å²) in [6.45, 7) is 4.00. The molecule has 16 heavy (non-hydrogen) atoms. The number of nitrogens with one attached hydrogen (secondary N) is 1. The molecule has 0 aromatic carbocycles. The lowest BCUT2D eigenvalue weighted by Crippen LogP contribution is -2.33. The minimum atomic E-state index is 0.307. The molecule has 1 aromatic heterocycles. The summed E-state index contributed by atoms with van der Waals surface area (Å²) in [5, 5.41) is 4.61. The first-order chi connectivity index (χ1) is 7.75. The minimum absolute atomic E-state index is 0.307. The van der Waals surface area contributed by atoms with Gasteiger partial charge >= 0.3 is 0 Å². The van der Waals surface area contributed by atoms with Crippen LogP contribution in [0.1, 0.15) is 37.2 Å². The van der Waals surface area contributed by atoms with Crippen LogP contribution >= 0.6 is 27.3 Å². The van der Waals surface area contributed by atoms with E-state index in [1.54, 1.807) is 11.3 Å². The van der Waals surface area contributed by atoms with Gasteiger partial charge in [-0.25, -0.2) is 4.98 Å². The molecule has 90 valence electrons. The van der Waals surface area contributed by atoms with E-state index in [0.717, 1.165) is 21.9 Å². The van der Waals surface area contributed by atoms with Gasteiger partial charge in [-0.3, -0.25) is 0 Å². The normalized spacial score (nSPS) is 23.2. The highest BCUT2D eigenvalue weighted by molar-refractivity contribution is 9.11. The summed E-state index contributed by atoms with van der Waals surface area (Å²) in [6.07, 6.45) is 5.94. The van der Waals surface area contributed by atoms with E-state index in [-0.39, 0.29) is 0 Å². The average Bonchev–Trinajstić information content (AvgIpc) is 2.74. The van der Waals surface area contributed by atoms with Gasteiger partial charge < -0.3 is 10.1 Å². The summed E-state index contributed by atoms with van der Waals surface area (Å²) in [4.78, 5) is 4.35. The summed E-state index contributed by atoms with van der Waals surface area (Å²) >= 11 is 5.12. The molecule has 2 heterocycles. The molecule has 1 N–H and O–H groups in total. The molecule has 1 aliphatic heterocycles. The van der Waals surface area contributed by atoms with Crippen molar-refractivity contribution >= 4 is 27.3 Å². The van der Waals surface area contributed by atoms with Gasteiger partial charge in [-0.05, 0) is 42.1 Å². The van der Waals surface area contributed by atoms with Gasteiger partial charge in [-0.15, -0.1) is 11.3 Å². The molecule has 1 aliphatic rings. The molecule has 1 aromatic rings. The first-order valence-corrected chi connectivity index (χ1v) is 7.33. The zero-order valence-electron chi connectivity index (χ0n) is 9.41. The second kappa shape index (κ2) is 6.10. The monoisotopic (exact) mass is 304 g/mol. The minimum Gasteiger partial charge on any atom is -0.377 e. The van der Waals surface area contributed by atoms with Gasteiger partial charge in [0.25, 0.3) is 0 Å². The Morgan fingerprint density at radius 2 is 2.56 bits per heavy atom. The molecule has 1 saturated heterocycles. The quantitative estimate of drug-likeness (QED) is 0.928. The number of rotatable bonds is 4. The molecule has 1 fully saturated rings. The number of aromatic nitrogens is 1. The molecule has 2 unspecified atom stereocenters. The van der Waals surface area contributed by atoms with Crippen LogP contribution in [-0.4, -0.2) is 24.2 Å². The van der Waals surface area contributed by atoms with Crippen molar-refractivity contribution in [1.82, 2.24) is 10.3 Å². The van der Waals surface area contributed by atoms with Gasteiger partial charge in [0.05, 0.1) is 22.1 Å². The van der Waals surface area contributed by atoms with Crippen LogP contribution in [0.25, 0.3) is 0 Å². The van der Waals surface area contributed by atoms with Crippen molar-refractivity contribution < 1.29 is 4.74 Å². The van der Waals surface area contributed by atoms with Crippen LogP contribution in [-0.2, 0) is 4.74 Å². The maximum absolute atomic E-state index is 5.68. The third kappa shape index (κ3) is 3.52. The van der Waals surface area contributed by atoms with Crippen LogP contribution in [0.5, 0.6) is 0 Å². The van der Waals surface area contributed by atoms with E-state index < -0.39 is 0 Å². The molecule has 0 amide bonds. The third-order valence-electron chi connectivity index (χ3n) is 2.79. The van der Waals surface area contributed by atoms with Crippen molar-refractivity contribution in [2.45, 2.75) is 38.3 Å². The molecule has 5 heteroatoms. The van der Waals surface area contributed by atoms with Gasteiger partial charge in [-0.2, -0.15) is 0 Å². The van der Waals surface area contributed by atoms with E-state index in [9.17, 15) is 0 Å².